The lowest BCUT2D eigenvalue weighted by molar-refractivity contribution is -0.137. The van der Waals surface area contributed by atoms with Crippen LogP contribution in [0, 0.1) is 0 Å². The number of hydrogen-bond acceptors (Lipinski definition) is 5. The van der Waals surface area contributed by atoms with Crippen molar-refractivity contribution in [1.29, 1.82) is 0 Å². The maximum Gasteiger partial charge on any atom is 0.417 e. The maximum absolute atomic E-state index is 12.9. The Balaban J connectivity index is 1.84. The van der Waals surface area contributed by atoms with Crippen molar-refractivity contribution in [3.8, 4) is 0 Å². The third kappa shape index (κ3) is 3.99. The molecule has 132 valence electrons. The lowest BCUT2D eigenvalue weighted by Crippen LogP contribution is -2.15. The number of halogens is 4. The Hall–Kier alpha value is -1.58. The van der Waals surface area contributed by atoms with Crippen LogP contribution in [0.3, 0.4) is 0 Å². The molecule has 0 bridgehead atoms. The van der Waals surface area contributed by atoms with Gasteiger partial charge >= 0.3 is 6.18 Å². The van der Waals surface area contributed by atoms with Crippen molar-refractivity contribution in [2.75, 3.05) is 0 Å². The SMILES string of the molecule is CCc1nn2c(=O)cc(CSc3ccc(Cl)c(C(F)(F)F)c3)nc2s1. The second-order valence-corrected chi connectivity index (χ2v) is 7.55. The zero-order valence-electron chi connectivity index (χ0n) is 12.8. The van der Waals surface area contributed by atoms with Crippen molar-refractivity contribution in [2.24, 2.45) is 0 Å². The zero-order chi connectivity index (χ0) is 18.2. The van der Waals surface area contributed by atoms with Gasteiger partial charge in [-0.25, -0.2) is 4.98 Å². The van der Waals surface area contributed by atoms with Crippen molar-refractivity contribution in [3.05, 3.63) is 55.9 Å². The highest BCUT2D eigenvalue weighted by atomic mass is 35.5. The first-order chi connectivity index (χ1) is 11.8. The van der Waals surface area contributed by atoms with Crippen LogP contribution in [0.15, 0.2) is 34.0 Å². The molecule has 0 fully saturated rings. The molecule has 0 N–H and O–H groups in total. The average Bonchev–Trinajstić information content (AvgIpc) is 2.97. The van der Waals surface area contributed by atoms with E-state index in [1.54, 1.807) is 0 Å². The topological polar surface area (TPSA) is 47.3 Å². The standard InChI is InChI=1S/C15H11ClF3N3OS2/c1-2-12-21-22-13(23)5-8(20-14(22)25-12)7-24-9-3-4-11(16)10(6-9)15(17,18)19/h3-6H,2,7H2,1H3. The molecule has 1 aromatic carbocycles. The van der Waals surface area contributed by atoms with E-state index in [4.69, 9.17) is 11.6 Å². The van der Waals surface area contributed by atoms with Crippen molar-refractivity contribution in [1.82, 2.24) is 14.6 Å². The van der Waals surface area contributed by atoms with E-state index in [-0.39, 0.29) is 16.3 Å². The Bertz CT molecular complexity index is 984. The average molecular weight is 406 g/mol. The highest BCUT2D eigenvalue weighted by Gasteiger charge is 2.33. The summed E-state index contributed by atoms with van der Waals surface area (Å²) >= 11 is 8.09. The van der Waals surface area contributed by atoms with Crippen molar-refractivity contribution < 1.29 is 13.2 Å². The van der Waals surface area contributed by atoms with Gasteiger partial charge in [0.25, 0.3) is 5.56 Å². The van der Waals surface area contributed by atoms with Gasteiger partial charge in [0.15, 0.2) is 0 Å². The molecule has 2 aromatic heterocycles. The normalized spacial score (nSPS) is 12.0. The smallest absolute Gasteiger partial charge is 0.267 e. The Labute approximate surface area is 153 Å². The van der Waals surface area contributed by atoms with E-state index >= 15 is 0 Å². The largest absolute Gasteiger partial charge is 0.417 e. The van der Waals surface area contributed by atoms with E-state index in [0.29, 0.717) is 22.0 Å². The first-order valence-electron chi connectivity index (χ1n) is 7.16. The lowest BCUT2D eigenvalue weighted by atomic mass is 10.2. The number of alkyl halides is 3. The second kappa shape index (κ2) is 6.97. The van der Waals surface area contributed by atoms with Crippen LogP contribution in [-0.2, 0) is 18.3 Å². The highest BCUT2D eigenvalue weighted by molar-refractivity contribution is 7.98. The fourth-order valence-corrected chi connectivity index (χ4v) is 3.99. The summed E-state index contributed by atoms with van der Waals surface area (Å²) in [5, 5.41) is 4.60. The molecule has 3 aromatic rings. The third-order valence-electron chi connectivity index (χ3n) is 3.27. The zero-order valence-corrected chi connectivity index (χ0v) is 15.2. The number of aromatic nitrogens is 3. The molecule has 10 heteroatoms. The van der Waals surface area contributed by atoms with Crippen LogP contribution in [0.5, 0.6) is 0 Å². The van der Waals surface area contributed by atoms with E-state index in [2.05, 4.69) is 10.1 Å². The Kier molecular flexibility index (Phi) is 5.08. The molecule has 3 rings (SSSR count). The fourth-order valence-electron chi connectivity index (χ4n) is 2.08. The van der Waals surface area contributed by atoms with Crippen LogP contribution in [0.25, 0.3) is 4.96 Å². The first-order valence-corrected chi connectivity index (χ1v) is 9.34. The van der Waals surface area contributed by atoms with Crippen molar-refractivity contribution in [3.63, 3.8) is 0 Å². The predicted octanol–water partition coefficient (Wildman–Crippen LogP) is 4.68. The van der Waals surface area contributed by atoms with Crippen molar-refractivity contribution >= 4 is 39.7 Å². The minimum Gasteiger partial charge on any atom is -0.267 e. The molecule has 25 heavy (non-hydrogen) atoms. The van der Waals surface area contributed by atoms with Gasteiger partial charge in [0.2, 0.25) is 4.96 Å². The number of nitrogens with zero attached hydrogens (tertiary/aromatic N) is 3. The molecule has 0 saturated heterocycles. The molecule has 4 nitrogen and oxygen atoms in total. The summed E-state index contributed by atoms with van der Waals surface area (Å²) in [6.07, 6.45) is -3.81. The molecule has 0 unspecified atom stereocenters. The Morgan fingerprint density at radius 3 is 2.76 bits per heavy atom. The summed E-state index contributed by atoms with van der Waals surface area (Å²) in [5.41, 5.74) is -0.689. The minimum atomic E-state index is -4.51. The Morgan fingerprint density at radius 2 is 2.08 bits per heavy atom. The predicted molar refractivity (Wildman–Crippen MR) is 92.5 cm³/mol. The quantitative estimate of drug-likeness (QED) is 0.591. The highest BCUT2D eigenvalue weighted by Crippen LogP contribution is 2.37. The number of aryl methyl sites for hydroxylation is 1. The van der Waals surface area contributed by atoms with Gasteiger partial charge < -0.3 is 0 Å². The van der Waals surface area contributed by atoms with E-state index in [1.807, 2.05) is 6.92 Å². The number of thioether (sulfide) groups is 1. The molecule has 0 saturated carbocycles. The van der Waals surface area contributed by atoms with E-state index in [1.165, 1.54) is 34.1 Å². The van der Waals surface area contributed by atoms with E-state index in [0.717, 1.165) is 22.8 Å². The number of hydrogen-bond donors (Lipinski definition) is 0. The summed E-state index contributed by atoms with van der Waals surface area (Å²) in [6.45, 7) is 1.93. The summed E-state index contributed by atoms with van der Waals surface area (Å²) in [7, 11) is 0. The van der Waals surface area contributed by atoms with Gasteiger partial charge in [-0.15, -0.1) is 11.8 Å². The molecule has 0 spiro atoms. The molecular weight excluding hydrogens is 395 g/mol. The summed E-state index contributed by atoms with van der Waals surface area (Å²) in [6, 6.07) is 5.07. The van der Waals surface area contributed by atoms with Crippen LogP contribution in [0.4, 0.5) is 13.2 Å². The van der Waals surface area contributed by atoms with Crippen LogP contribution in [0.2, 0.25) is 5.02 Å². The summed E-state index contributed by atoms with van der Waals surface area (Å²) in [5.74, 6) is 0.268. The van der Waals surface area contributed by atoms with Gasteiger partial charge in [0.1, 0.15) is 5.01 Å². The van der Waals surface area contributed by atoms with Crippen LogP contribution < -0.4 is 5.56 Å². The van der Waals surface area contributed by atoms with E-state index < -0.39 is 11.7 Å². The van der Waals surface area contributed by atoms with Gasteiger partial charge in [0.05, 0.1) is 16.3 Å². The van der Waals surface area contributed by atoms with Crippen LogP contribution in [-0.4, -0.2) is 14.6 Å². The second-order valence-electron chi connectivity index (χ2n) is 5.06. The molecule has 2 heterocycles. The summed E-state index contributed by atoms with van der Waals surface area (Å²) in [4.78, 5) is 17.3. The third-order valence-corrected chi connectivity index (χ3v) is 5.68. The maximum atomic E-state index is 12.9. The molecule has 0 aliphatic rings. The van der Waals surface area contributed by atoms with Crippen LogP contribution >= 0.6 is 34.7 Å². The minimum absolute atomic E-state index is 0.268. The number of fused-ring (bicyclic) bond motifs is 1. The monoisotopic (exact) mass is 405 g/mol. The van der Waals surface area contributed by atoms with Gasteiger partial charge in [-0.3, -0.25) is 4.79 Å². The summed E-state index contributed by atoms with van der Waals surface area (Å²) < 4.78 is 39.9. The van der Waals surface area contributed by atoms with Gasteiger partial charge in [-0.2, -0.15) is 22.8 Å². The van der Waals surface area contributed by atoms with Gasteiger partial charge in [-0.1, -0.05) is 29.9 Å². The first kappa shape index (κ1) is 18.2. The number of rotatable bonds is 4. The van der Waals surface area contributed by atoms with E-state index in [9.17, 15) is 18.0 Å². The Morgan fingerprint density at radius 1 is 1.32 bits per heavy atom. The molecule has 0 radical (unpaired) electrons. The molecule has 0 aliphatic heterocycles. The fraction of sp³-hybridized carbons (Fsp3) is 0.267. The van der Waals surface area contributed by atoms with Crippen LogP contribution in [0.1, 0.15) is 23.2 Å². The lowest BCUT2D eigenvalue weighted by Gasteiger charge is -2.10. The van der Waals surface area contributed by atoms with Gasteiger partial charge in [-0.05, 0) is 24.6 Å². The molecular formula is C15H11ClF3N3OS2. The number of benzene rings is 1. The van der Waals surface area contributed by atoms with Gasteiger partial charge in [0, 0.05) is 16.7 Å². The van der Waals surface area contributed by atoms with Crippen molar-refractivity contribution in [2.45, 2.75) is 30.2 Å². The molecule has 0 atom stereocenters. The molecule has 0 amide bonds. The molecule has 0 aliphatic carbocycles.